The number of hydrogen-bond acceptors (Lipinski definition) is 5. The van der Waals surface area contributed by atoms with Gasteiger partial charge in [0.2, 0.25) is 0 Å². The number of rotatable bonds is 7. The Hall–Kier alpha value is -1.60. The minimum absolute atomic E-state index is 0.000721. The molecule has 2 heterocycles. The summed E-state index contributed by atoms with van der Waals surface area (Å²) < 4.78 is 5.52. The van der Waals surface area contributed by atoms with Crippen LogP contribution in [0.3, 0.4) is 0 Å². The zero-order chi connectivity index (χ0) is 18.4. The molecule has 26 heavy (non-hydrogen) atoms. The van der Waals surface area contributed by atoms with E-state index < -0.39 is 0 Å². The van der Waals surface area contributed by atoms with Gasteiger partial charge in [-0.1, -0.05) is 11.6 Å². The summed E-state index contributed by atoms with van der Waals surface area (Å²) in [6.07, 6.45) is 0. The van der Waals surface area contributed by atoms with Gasteiger partial charge in [-0.3, -0.25) is 9.69 Å². The van der Waals surface area contributed by atoms with E-state index in [4.69, 9.17) is 16.3 Å². The molecule has 140 valence electrons. The summed E-state index contributed by atoms with van der Waals surface area (Å²) in [6.45, 7) is 4.70. The summed E-state index contributed by atoms with van der Waals surface area (Å²) in [5, 5.41) is 7.92. The van der Waals surface area contributed by atoms with Crippen LogP contribution >= 0.6 is 22.9 Å². The van der Waals surface area contributed by atoms with Crippen LogP contribution in [-0.2, 0) is 4.79 Å². The van der Waals surface area contributed by atoms with E-state index in [0.29, 0.717) is 17.3 Å². The fraction of sp³-hybridized carbons (Fsp3) is 0.421. The highest BCUT2D eigenvalue weighted by Gasteiger charge is 2.24. The molecule has 1 saturated heterocycles. The molecule has 1 aliphatic rings. The van der Waals surface area contributed by atoms with Gasteiger partial charge >= 0.3 is 0 Å². The smallest absolute Gasteiger partial charge is 0.258 e. The Kier molecular flexibility index (Phi) is 6.91. The van der Waals surface area contributed by atoms with Crippen LogP contribution in [0.4, 0.5) is 0 Å². The highest BCUT2D eigenvalue weighted by molar-refractivity contribution is 7.07. The number of carbonyl (C=O) groups is 1. The number of hydrogen-bond donors (Lipinski definition) is 1. The molecule has 0 aliphatic carbocycles. The first-order chi connectivity index (χ1) is 12.6. The van der Waals surface area contributed by atoms with Crippen LogP contribution in [0.25, 0.3) is 0 Å². The van der Waals surface area contributed by atoms with Crippen LogP contribution in [0.15, 0.2) is 41.1 Å². The molecule has 0 radical (unpaired) electrons. The normalized spacial score (nSPS) is 17.0. The summed E-state index contributed by atoms with van der Waals surface area (Å²) in [6, 6.07) is 9.35. The van der Waals surface area contributed by atoms with Crippen molar-refractivity contribution < 1.29 is 9.53 Å². The zero-order valence-electron chi connectivity index (χ0n) is 14.9. The minimum atomic E-state index is -0.116. The molecule has 0 spiro atoms. The first kappa shape index (κ1) is 19.2. The largest absolute Gasteiger partial charge is 0.484 e. The van der Waals surface area contributed by atoms with E-state index in [1.807, 2.05) is 0 Å². The van der Waals surface area contributed by atoms with Gasteiger partial charge in [-0.05, 0) is 53.7 Å². The summed E-state index contributed by atoms with van der Waals surface area (Å²) >= 11 is 7.54. The first-order valence-electron chi connectivity index (χ1n) is 8.71. The third-order valence-electron chi connectivity index (χ3n) is 4.58. The van der Waals surface area contributed by atoms with Gasteiger partial charge in [0, 0.05) is 37.7 Å². The van der Waals surface area contributed by atoms with Crippen LogP contribution < -0.4 is 10.1 Å². The molecule has 7 heteroatoms. The molecule has 1 aromatic heterocycles. The van der Waals surface area contributed by atoms with Crippen molar-refractivity contribution in [3.05, 3.63) is 51.7 Å². The number of carbonyl (C=O) groups excluding carboxylic acids is 1. The Morgan fingerprint density at radius 3 is 2.62 bits per heavy atom. The van der Waals surface area contributed by atoms with E-state index in [1.54, 1.807) is 35.6 Å². The monoisotopic (exact) mass is 393 g/mol. The molecule has 5 nitrogen and oxygen atoms in total. The summed E-state index contributed by atoms with van der Waals surface area (Å²) in [4.78, 5) is 17.0. The molecule has 1 aliphatic heterocycles. The summed E-state index contributed by atoms with van der Waals surface area (Å²) in [7, 11) is 2.15. The van der Waals surface area contributed by atoms with Crippen LogP contribution in [0, 0.1) is 0 Å². The molecule has 0 saturated carbocycles. The number of nitrogens with zero attached hydrogens (tertiary/aromatic N) is 2. The van der Waals surface area contributed by atoms with Crippen molar-refractivity contribution in [2.45, 2.75) is 6.04 Å². The van der Waals surface area contributed by atoms with Crippen LogP contribution in [0.1, 0.15) is 11.6 Å². The number of nitrogens with one attached hydrogen (secondary N) is 1. The lowest BCUT2D eigenvalue weighted by molar-refractivity contribution is -0.123. The van der Waals surface area contributed by atoms with Gasteiger partial charge in [0.25, 0.3) is 5.91 Å². The van der Waals surface area contributed by atoms with Crippen molar-refractivity contribution in [2.24, 2.45) is 0 Å². The van der Waals surface area contributed by atoms with E-state index in [1.165, 1.54) is 5.56 Å². The third kappa shape index (κ3) is 5.45. The second-order valence-corrected chi connectivity index (χ2v) is 7.67. The van der Waals surface area contributed by atoms with Gasteiger partial charge in [-0.2, -0.15) is 11.3 Å². The van der Waals surface area contributed by atoms with E-state index in [9.17, 15) is 4.79 Å². The zero-order valence-corrected chi connectivity index (χ0v) is 16.4. The standard InChI is InChI=1S/C19H24ClN3O2S/c1-22-7-9-23(10-8-22)18(15-6-11-26-14-15)12-21-19(24)13-25-17-4-2-16(20)3-5-17/h2-6,11,14,18H,7-10,12-13H2,1H3,(H,21,24)/t18-/m1/s1. The second-order valence-electron chi connectivity index (χ2n) is 6.46. The summed E-state index contributed by atoms with van der Waals surface area (Å²) in [5.41, 5.74) is 1.26. The van der Waals surface area contributed by atoms with Crippen molar-refractivity contribution >= 4 is 28.8 Å². The van der Waals surface area contributed by atoms with E-state index in [0.717, 1.165) is 26.2 Å². The summed E-state index contributed by atoms with van der Waals surface area (Å²) in [5.74, 6) is 0.521. The highest BCUT2D eigenvalue weighted by Crippen LogP contribution is 2.23. The molecule has 2 aromatic rings. The molecule has 0 bridgehead atoms. The lowest BCUT2D eigenvalue weighted by atomic mass is 10.1. The molecule has 1 N–H and O–H groups in total. The van der Waals surface area contributed by atoms with Crippen LogP contribution in [-0.4, -0.2) is 62.1 Å². The number of thiophene rings is 1. The number of benzene rings is 1. The maximum Gasteiger partial charge on any atom is 0.258 e. The van der Waals surface area contributed by atoms with E-state index >= 15 is 0 Å². The minimum Gasteiger partial charge on any atom is -0.484 e. The Labute approximate surface area is 163 Å². The average Bonchev–Trinajstić information content (AvgIpc) is 3.17. The van der Waals surface area contributed by atoms with Gasteiger partial charge in [-0.25, -0.2) is 0 Å². The fourth-order valence-electron chi connectivity index (χ4n) is 3.00. The molecule has 1 atom stereocenters. The Morgan fingerprint density at radius 2 is 1.96 bits per heavy atom. The second kappa shape index (κ2) is 9.37. The molecule has 0 unspecified atom stereocenters. The molecule has 1 fully saturated rings. The number of amides is 1. The Balaban J connectivity index is 1.52. The predicted molar refractivity (Wildman–Crippen MR) is 106 cm³/mol. The van der Waals surface area contributed by atoms with Gasteiger partial charge in [0.15, 0.2) is 6.61 Å². The van der Waals surface area contributed by atoms with Crippen LogP contribution in [0.2, 0.25) is 5.02 Å². The SMILES string of the molecule is CN1CCN([C@H](CNC(=O)COc2ccc(Cl)cc2)c2ccsc2)CC1. The topological polar surface area (TPSA) is 44.8 Å². The quantitative estimate of drug-likeness (QED) is 0.785. The van der Waals surface area contributed by atoms with Crippen molar-refractivity contribution in [1.29, 1.82) is 0 Å². The number of halogens is 1. The molecule has 1 amide bonds. The maximum absolute atomic E-state index is 12.2. The average molecular weight is 394 g/mol. The van der Waals surface area contributed by atoms with E-state index in [-0.39, 0.29) is 18.6 Å². The Morgan fingerprint density at radius 1 is 1.23 bits per heavy atom. The fourth-order valence-corrected chi connectivity index (χ4v) is 3.83. The predicted octanol–water partition coefficient (Wildman–Crippen LogP) is 2.89. The van der Waals surface area contributed by atoms with Gasteiger partial charge in [0.1, 0.15) is 5.75 Å². The number of ether oxygens (including phenoxy) is 1. The maximum atomic E-state index is 12.2. The van der Waals surface area contributed by atoms with E-state index in [2.05, 4.69) is 39.0 Å². The Bertz CT molecular complexity index is 685. The highest BCUT2D eigenvalue weighted by atomic mass is 35.5. The lowest BCUT2D eigenvalue weighted by Gasteiger charge is -2.38. The molecular formula is C19H24ClN3O2S. The van der Waals surface area contributed by atoms with Crippen molar-refractivity contribution in [3.63, 3.8) is 0 Å². The van der Waals surface area contributed by atoms with Crippen molar-refractivity contribution in [1.82, 2.24) is 15.1 Å². The van der Waals surface area contributed by atoms with Crippen molar-refractivity contribution in [3.8, 4) is 5.75 Å². The molecule has 1 aromatic carbocycles. The number of piperazine rings is 1. The first-order valence-corrected chi connectivity index (χ1v) is 10.0. The van der Waals surface area contributed by atoms with Crippen molar-refractivity contribution in [2.75, 3.05) is 46.4 Å². The molecule has 3 rings (SSSR count). The van der Waals surface area contributed by atoms with Gasteiger partial charge < -0.3 is 15.0 Å². The van der Waals surface area contributed by atoms with Gasteiger partial charge in [0.05, 0.1) is 6.04 Å². The number of likely N-dealkylation sites (N-methyl/N-ethyl adjacent to an activating group) is 1. The molecular weight excluding hydrogens is 370 g/mol. The van der Waals surface area contributed by atoms with Crippen LogP contribution in [0.5, 0.6) is 5.75 Å². The lowest BCUT2D eigenvalue weighted by Crippen LogP contribution is -2.48. The third-order valence-corrected chi connectivity index (χ3v) is 5.54. The van der Waals surface area contributed by atoms with Gasteiger partial charge in [-0.15, -0.1) is 0 Å².